The van der Waals surface area contributed by atoms with Crippen LogP contribution in [0.1, 0.15) is 46.6 Å². The molecule has 23 heavy (non-hydrogen) atoms. The summed E-state index contributed by atoms with van der Waals surface area (Å²) in [6, 6.07) is 3.99. The van der Waals surface area contributed by atoms with Crippen molar-refractivity contribution in [2.75, 3.05) is 18.4 Å². The molecule has 0 spiro atoms. The number of hydrogen-bond acceptors (Lipinski definition) is 4. The lowest BCUT2D eigenvalue weighted by Crippen LogP contribution is -2.27. The van der Waals surface area contributed by atoms with Gasteiger partial charge in [0.25, 0.3) is 5.91 Å². The van der Waals surface area contributed by atoms with Crippen LogP contribution in [0, 0.1) is 6.92 Å². The summed E-state index contributed by atoms with van der Waals surface area (Å²) >= 11 is 0. The Morgan fingerprint density at radius 2 is 2.13 bits per heavy atom. The molecular weight excluding hydrogens is 290 g/mol. The summed E-state index contributed by atoms with van der Waals surface area (Å²) in [5.74, 6) is 0.793. The normalized spacial score (nSPS) is 13.4. The number of carbonyl (C=O) groups is 1. The highest BCUT2D eigenvalue weighted by molar-refractivity contribution is 5.94. The number of H-pyrrole nitrogens is 1. The highest BCUT2D eigenvalue weighted by Gasteiger charge is 2.21. The molecule has 0 radical (unpaired) electrons. The predicted octanol–water partition coefficient (Wildman–Crippen LogP) is 2.22. The molecule has 1 amide bonds. The Morgan fingerprint density at radius 3 is 2.96 bits per heavy atom. The number of fused-ring (bicyclic) bond motifs is 1. The van der Waals surface area contributed by atoms with Crippen LogP contribution in [0.25, 0.3) is 0 Å². The molecule has 0 saturated heterocycles. The van der Waals surface area contributed by atoms with Crippen molar-refractivity contribution in [2.24, 2.45) is 0 Å². The van der Waals surface area contributed by atoms with E-state index in [1.54, 1.807) is 0 Å². The predicted molar refractivity (Wildman–Crippen MR) is 89.6 cm³/mol. The summed E-state index contributed by atoms with van der Waals surface area (Å²) in [6.45, 7) is 3.41. The minimum absolute atomic E-state index is 0.0714. The van der Waals surface area contributed by atoms with Crippen LogP contribution in [0.4, 0.5) is 5.82 Å². The van der Waals surface area contributed by atoms with Crippen molar-refractivity contribution >= 4 is 11.7 Å². The SMILES string of the molecule is Cc1ccc(NCCCNC(=O)c2n[nH]c3c2CCCC3)nc1. The number of nitrogens with zero attached hydrogens (tertiary/aromatic N) is 2. The summed E-state index contributed by atoms with van der Waals surface area (Å²) in [5.41, 5.74) is 3.96. The van der Waals surface area contributed by atoms with Crippen LogP contribution in [0.2, 0.25) is 0 Å². The van der Waals surface area contributed by atoms with Gasteiger partial charge in [0.2, 0.25) is 0 Å². The van der Waals surface area contributed by atoms with Crippen molar-refractivity contribution in [3.8, 4) is 0 Å². The number of hydrogen-bond donors (Lipinski definition) is 3. The zero-order valence-corrected chi connectivity index (χ0v) is 13.5. The fourth-order valence-corrected chi connectivity index (χ4v) is 2.83. The Hall–Kier alpha value is -2.37. The number of rotatable bonds is 6. The summed E-state index contributed by atoms with van der Waals surface area (Å²) in [7, 11) is 0. The van der Waals surface area contributed by atoms with Crippen molar-refractivity contribution in [2.45, 2.75) is 39.0 Å². The second-order valence-corrected chi connectivity index (χ2v) is 5.99. The molecule has 1 aliphatic rings. The fraction of sp³-hybridized carbons (Fsp3) is 0.471. The quantitative estimate of drug-likeness (QED) is 0.714. The lowest BCUT2D eigenvalue weighted by Gasteiger charge is -2.11. The van der Waals surface area contributed by atoms with Gasteiger partial charge in [-0.1, -0.05) is 6.07 Å². The van der Waals surface area contributed by atoms with E-state index in [0.29, 0.717) is 12.2 Å². The van der Waals surface area contributed by atoms with Crippen LogP contribution in [-0.2, 0) is 12.8 Å². The molecule has 3 rings (SSSR count). The number of nitrogens with one attached hydrogen (secondary N) is 3. The van der Waals surface area contributed by atoms with Gasteiger partial charge in [-0.3, -0.25) is 9.89 Å². The molecule has 0 fully saturated rings. The van der Waals surface area contributed by atoms with Gasteiger partial charge >= 0.3 is 0 Å². The molecule has 1 aliphatic carbocycles. The molecule has 0 aromatic carbocycles. The van der Waals surface area contributed by atoms with Crippen molar-refractivity contribution < 1.29 is 4.79 Å². The Bertz CT molecular complexity index is 662. The van der Waals surface area contributed by atoms with Gasteiger partial charge in [-0.05, 0) is 50.7 Å². The molecule has 2 aromatic heterocycles. The average molecular weight is 313 g/mol. The van der Waals surface area contributed by atoms with Gasteiger partial charge in [0, 0.05) is 30.5 Å². The number of aryl methyl sites for hydroxylation is 2. The molecule has 2 heterocycles. The molecule has 0 saturated carbocycles. The Kier molecular flexibility index (Phi) is 4.90. The van der Waals surface area contributed by atoms with Gasteiger partial charge in [0.05, 0.1) is 0 Å². The first-order chi connectivity index (χ1) is 11.2. The summed E-state index contributed by atoms with van der Waals surface area (Å²) in [6.07, 6.45) is 6.95. The highest BCUT2D eigenvalue weighted by Crippen LogP contribution is 2.21. The van der Waals surface area contributed by atoms with E-state index in [0.717, 1.165) is 54.9 Å². The zero-order valence-electron chi connectivity index (χ0n) is 13.5. The topological polar surface area (TPSA) is 82.7 Å². The molecule has 6 nitrogen and oxygen atoms in total. The number of aromatic nitrogens is 3. The van der Waals surface area contributed by atoms with Gasteiger partial charge < -0.3 is 10.6 Å². The van der Waals surface area contributed by atoms with Gasteiger partial charge in [-0.25, -0.2) is 4.98 Å². The van der Waals surface area contributed by atoms with E-state index in [-0.39, 0.29) is 5.91 Å². The molecule has 0 unspecified atom stereocenters. The maximum atomic E-state index is 12.2. The zero-order chi connectivity index (χ0) is 16.1. The van der Waals surface area contributed by atoms with Crippen LogP contribution in [0.5, 0.6) is 0 Å². The van der Waals surface area contributed by atoms with Crippen molar-refractivity contribution in [3.63, 3.8) is 0 Å². The molecule has 6 heteroatoms. The second-order valence-electron chi connectivity index (χ2n) is 5.99. The van der Waals surface area contributed by atoms with Crippen LogP contribution in [-0.4, -0.2) is 34.2 Å². The number of aromatic amines is 1. The lowest BCUT2D eigenvalue weighted by atomic mass is 9.96. The van der Waals surface area contributed by atoms with E-state index < -0.39 is 0 Å². The van der Waals surface area contributed by atoms with Crippen molar-refractivity contribution in [1.29, 1.82) is 0 Å². The fourth-order valence-electron chi connectivity index (χ4n) is 2.83. The van der Waals surface area contributed by atoms with E-state index in [2.05, 4.69) is 25.8 Å². The smallest absolute Gasteiger partial charge is 0.272 e. The molecule has 3 N–H and O–H groups in total. The first-order valence-corrected chi connectivity index (χ1v) is 8.25. The van der Waals surface area contributed by atoms with Crippen LogP contribution in [0.3, 0.4) is 0 Å². The maximum Gasteiger partial charge on any atom is 0.272 e. The van der Waals surface area contributed by atoms with Gasteiger partial charge in [-0.2, -0.15) is 5.10 Å². The first-order valence-electron chi connectivity index (χ1n) is 8.25. The van der Waals surface area contributed by atoms with Gasteiger partial charge in [-0.15, -0.1) is 0 Å². The van der Waals surface area contributed by atoms with Crippen molar-refractivity contribution in [1.82, 2.24) is 20.5 Å². The van der Waals surface area contributed by atoms with Gasteiger partial charge in [0.15, 0.2) is 5.69 Å². The third-order valence-corrected chi connectivity index (χ3v) is 4.13. The summed E-state index contributed by atoms with van der Waals surface area (Å²) in [5, 5.41) is 13.4. The highest BCUT2D eigenvalue weighted by atomic mass is 16.1. The van der Waals surface area contributed by atoms with E-state index in [9.17, 15) is 4.79 Å². The van der Waals surface area contributed by atoms with Crippen molar-refractivity contribution in [3.05, 3.63) is 40.8 Å². The van der Waals surface area contributed by atoms with Crippen LogP contribution in [0.15, 0.2) is 18.3 Å². The Balaban J connectivity index is 1.41. The number of carbonyl (C=O) groups excluding carboxylic acids is 1. The average Bonchev–Trinajstić information content (AvgIpc) is 3.00. The molecule has 2 aromatic rings. The third-order valence-electron chi connectivity index (χ3n) is 4.13. The minimum Gasteiger partial charge on any atom is -0.370 e. The van der Waals surface area contributed by atoms with E-state index in [1.165, 1.54) is 6.42 Å². The first kappa shape index (κ1) is 15.5. The molecular formula is C17H23N5O. The van der Waals surface area contributed by atoms with Crippen LogP contribution >= 0.6 is 0 Å². The minimum atomic E-state index is -0.0714. The molecule has 0 aliphatic heterocycles. The molecule has 0 bridgehead atoms. The van der Waals surface area contributed by atoms with Gasteiger partial charge in [0.1, 0.15) is 5.82 Å². The molecule has 0 atom stereocenters. The maximum absolute atomic E-state index is 12.2. The number of pyridine rings is 1. The molecule has 122 valence electrons. The number of amides is 1. The monoisotopic (exact) mass is 313 g/mol. The van der Waals surface area contributed by atoms with E-state index in [1.807, 2.05) is 25.3 Å². The summed E-state index contributed by atoms with van der Waals surface area (Å²) in [4.78, 5) is 16.5. The lowest BCUT2D eigenvalue weighted by molar-refractivity contribution is 0.0947. The third kappa shape index (κ3) is 3.88. The Morgan fingerprint density at radius 1 is 1.26 bits per heavy atom. The largest absolute Gasteiger partial charge is 0.370 e. The second kappa shape index (κ2) is 7.26. The van der Waals surface area contributed by atoms with E-state index >= 15 is 0 Å². The Labute approximate surface area is 136 Å². The van der Waals surface area contributed by atoms with E-state index in [4.69, 9.17) is 0 Å². The standard InChI is InChI=1S/C17H23N5O/c1-12-7-8-15(20-11-12)18-9-4-10-19-17(23)16-13-5-2-3-6-14(13)21-22-16/h7-8,11H,2-6,9-10H2,1H3,(H,18,20)(H,19,23)(H,21,22). The summed E-state index contributed by atoms with van der Waals surface area (Å²) < 4.78 is 0. The number of anilines is 1. The van der Waals surface area contributed by atoms with Crippen LogP contribution < -0.4 is 10.6 Å².